The molecule has 0 aliphatic carbocycles. The number of hydrogen-bond donors (Lipinski definition) is 0. The average Bonchev–Trinajstić information content (AvgIpc) is 2.85. The molecule has 2 amide bonds. The molecule has 1 heterocycles. The van der Waals surface area contributed by atoms with E-state index in [-0.39, 0.29) is 17.0 Å². The van der Waals surface area contributed by atoms with Crippen LogP contribution in [0.2, 0.25) is 0 Å². The summed E-state index contributed by atoms with van der Waals surface area (Å²) in [6.45, 7) is 0. The molecule has 0 fully saturated rings. The van der Waals surface area contributed by atoms with Gasteiger partial charge in [-0.15, -0.1) is 0 Å². The Balaban J connectivity index is 2.08. The molecule has 1 aliphatic rings. The van der Waals surface area contributed by atoms with Crippen molar-refractivity contribution in [3.8, 4) is 5.75 Å². The van der Waals surface area contributed by atoms with Crippen LogP contribution in [0, 0.1) is 0 Å². The number of rotatable bonds is 3. The minimum absolute atomic E-state index is 0.238. The minimum Gasteiger partial charge on any atom is -0.495 e. The number of fused-ring (bicyclic) bond motifs is 1. The number of anilines is 1. The normalized spacial score (nSPS) is 13.0. The quantitative estimate of drug-likeness (QED) is 0.642. The fourth-order valence-electron chi connectivity index (χ4n) is 2.52. The molecule has 116 valence electrons. The third kappa shape index (κ3) is 2.24. The molecular weight excluding hydrogens is 298 g/mol. The summed E-state index contributed by atoms with van der Waals surface area (Å²) in [6.07, 6.45) is 0. The number of benzene rings is 2. The lowest BCUT2D eigenvalue weighted by atomic mass is 10.1. The van der Waals surface area contributed by atoms with E-state index in [1.165, 1.54) is 32.4 Å². The van der Waals surface area contributed by atoms with Crippen molar-refractivity contribution in [2.75, 3.05) is 19.1 Å². The molecule has 0 saturated carbocycles. The molecule has 23 heavy (non-hydrogen) atoms. The number of ether oxygens (including phenoxy) is 2. The highest BCUT2D eigenvalue weighted by Gasteiger charge is 2.37. The highest BCUT2D eigenvalue weighted by molar-refractivity contribution is 6.34. The number of amides is 2. The number of methoxy groups -OCH3 is 2. The first-order valence-corrected chi connectivity index (χ1v) is 6.82. The Labute approximate surface area is 132 Å². The lowest BCUT2D eigenvalue weighted by molar-refractivity contribution is 0.0600. The Morgan fingerprint density at radius 3 is 2.09 bits per heavy atom. The van der Waals surface area contributed by atoms with E-state index in [2.05, 4.69) is 4.74 Å². The van der Waals surface area contributed by atoms with Crippen molar-refractivity contribution in [1.82, 2.24) is 0 Å². The smallest absolute Gasteiger partial charge is 0.337 e. The van der Waals surface area contributed by atoms with Crippen LogP contribution in [-0.4, -0.2) is 32.0 Å². The average molecular weight is 311 g/mol. The third-order valence-electron chi connectivity index (χ3n) is 3.64. The van der Waals surface area contributed by atoms with Gasteiger partial charge >= 0.3 is 5.97 Å². The second kappa shape index (κ2) is 5.57. The Morgan fingerprint density at radius 1 is 0.957 bits per heavy atom. The van der Waals surface area contributed by atoms with Gasteiger partial charge in [-0.2, -0.15) is 0 Å². The number of imide groups is 1. The van der Waals surface area contributed by atoms with E-state index < -0.39 is 17.8 Å². The van der Waals surface area contributed by atoms with E-state index in [9.17, 15) is 14.4 Å². The number of esters is 1. The van der Waals surface area contributed by atoms with Gasteiger partial charge in [-0.25, -0.2) is 9.69 Å². The lowest BCUT2D eigenvalue weighted by Crippen LogP contribution is -2.29. The Morgan fingerprint density at radius 2 is 1.57 bits per heavy atom. The molecule has 0 radical (unpaired) electrons. The Bertz CT molecular complexity index is 792. The van der Waals surface area contributed by atoms with Gasteiger partial charge in [0.25, 0.3) is 11.8 Å². The van der Waals surface area contributed by atoms with Crippen LogP contribution in [0.1, 0.15) is 31.1 Å². The predicted molar refractivity (Wildman–Crippen MR) is 81.9 cm³/mol. The van der Waals surface area contributed by atoms with Gasteiger partial charge in [-0.1, -0.05) is 12.1 Å². The second-order valence-electron chi connectivity index (χ2n) is 4.87. The third-order valence-corrected chi connectivity index (χ3v) is 3.64. The molecular formula is C17H13NO5. The maximum absolute atomic E-state index is 12.5. The number of nitrogens with zero attached hydrogens (tertiary/aromatic N) is 1. The standard InChI is InChI=1S/C17H13NO5/c1-22-14-9-10(17(21)23-2)7-8-13(14)18-15(19)11-5-3-4-6-12(11)16(18)20/h3-9H,1-2H3. The van der Waals surface area contributed by atoms with E-state index in [0.29, 0.717) is 11.1 Å². The molecule has 0 unspecified atom stereocenters. The van der Waals surface area contributed by atoms with Gasteiger partial charge in [-0.3, -0.25) is 9.59 Å². The lowest BCUT2D eigenvalue weighted by Gasteiger charge is -2.17. The second-order valence-corrected chi connectivity index (χ2v) is 4.87. The molecule has 0 aromatic heterocycles. The van der Waals surface area contributed by atoms with E-state index in [4.69, 9.17) is 4.74 Å². The monoisotopic (exact) mass is 311 g/mol. The van der Waals surface area contributed by atoms with Gasteiger partial charge in [0.1, 0.15) is 5.75 Å². The van der Waals surface area contributed by atoms with Gasteiger partial charge in [0.05, 0.1) is 36.6 Å². The van der Waals surface area contributed by atoms with Crippen molar-refractivity contribution in [2.24, 2.45) is 0 Å². The summed E-state index contributed by atoms with van der Waals surface area (Å²) in [7, 11) is 2.67. The number of hydrogen-bond acceptors (Lipinski definition) is 5. The van der Waals surface area contributed by atoms with Crippen molar-refractivity contribution < 1.29 is 23.9 Å². The zero-order valence-electron chi connectivity index (χ0n) is 12.5. The van der Waals surface area contributed by atoms with Crippen molar-refractivity contribution >= 4 is 23.5 Å². The van der Waals surface area contributed by atoms with Crippen LogP contribution in [0.25, 0.3) is 0 Å². The van der Waals surface area contributed by atoms with E-state index in [1.807, 2.05) is 0 Å². The van der Waals surface area contributed by atoms with Crippen molar-refractivity contribution in [3.63, 3.8) is 0 Å². The highest BCUT2D eigenvalue weighted by Crippen LogP contribution is 2.35. The molecule has 1 aliphatic heterocycles. The fraction of sp³-hybridized carbons (Fsp3) is 0.118. The maximum atomic E-state index is 12.5. The molecule has 6 heteroatoms. The SMILES string of the molecule is COC(=O)c1ccc(N2C(=O)c3ccccc3C2=O)c(OC)c1. The largest absolute Gasteiger partial charge is 0.495 e. The highest BCUT2D eigenvalue weighted by atomic mass is 16.5. The molecule has 6 nitrogen and oxygen atoms in total. The summed E-state index contributed by atoms with van der Waals surface area (Å²) < 4.78 is 9.89. The van der Waals surface area contributed by atoms with Crippen LogP contribution in [-0.2, 0) is 4.74 Å². The summed E-state index contributed by atoms with van der Waals surface area (Å²) in [6, 6.07) is 11.0. The summed E-state index contributed by atoms with van der Waals surface area (Å²) in [4.78, 5) is 37.7. The summed E-state index contributed by atoms with van der Waals surface area (Å²) in [5.74, 6) is -1.14. The molecule has 0 bridgehead atoms. The van der Waals surface area contributed by atoms with Gasteiger partial charge < -0.3 is 9.47 Å². The van der Waals surface area contributed by atoms with Crippen LogP contribution in [0.3, 0.4) is 0 Å². The minimum atomic E-state index is -0.530. The van der Waals surface area contributed by atoms with Gasteiger partial charge in [0.2, 0.25) is 0 Å². The van der Waals surface area contributed by atoms with Crippen LogP contribution < -0.4 is 9.64 Å². The van der Waals surface area contributed by atoms with Crippen LogP contribution in [0.5, 0.6) is 5.75 Å². The first-order chi connectivity index (χ1) is 11.1. The predicted octanol–water partition coefficient (Wildman–Crippen LogP) is 2.28. The molecule has 2 aromatic rings. The number of carbonyl (C=O) groups is 3. The van der Waals surface area contributed by atoms with E-state index in [0.717, 1.165) is 4.90 Å². The summed E-state index contributed by atoms with van der Waals surface area (Å²) in [5, 5.41) is 0. The molecule has 0 N–H and O–H groups in total. The van der Waals surface area contributed by atoms with E-state index in [1.54, 1.807) is 24.3 Å². The van der Waals surface area contributed by atoms with Crippen LogP contribution >= 0.6 is 0 Å². The molecule has 0 atom stereocenters. The Kier molecular flexibility index (Phi) is 3.57. The zero-order chi connectivity index (χ0) is 16.6. The maximum Gasteiger partial charge on any atom is 0.337 e. The molecule has 2 aromatic carbocycles. The topological polar surface area (TPSA) is 72.9 Å². The van der Waals surface area contributed by atoms with Crippen molar-refractivity contribution in [2.45, 2.75) is 0 Å². The molecule has 0 saturated heterocycles. The number of carbonyl (C=O) groups excluding carboxylic acids is 3. The fourth-order valence-corrected chi connectivity index (χ4v) is 2.52. The summed E-state index contributed by atoms with van der Waals surface area (Å²) >= 11 is 0. The van der Waals surface area contributed by atoms with E-state index >= 15 is 0 Å². The van der Waals surface area contributed by atoms with Crippen molar-refractivity contribution in [3.05, 3.63) is 59.2 Å². The van der Waals surface area contributed by atoms with Crippen molar-refractivity contribution in [1.29, 1.82) is 0 Å². The van der Waals surface area contributed by atoms with Gasteiger partial charge in [0.15, 0.2) is 0 Å². The van der Waals surface area contributed by atoms with Crippen LogP contribution in [0.4, 0.5) is 5.69 Å². The first kappa shape index (κ1) is 14.8. The Hall–Kier alpha value is -3.15. The zero-order valence-corrected chi connectivity index (χ0v) is 12.5. The van der Waals surface area contributed by atoms with Gasteiger partial charge in [0, 0.05) is 0 Å². The van der Waals surface area contributed by atoms with Crippen LogP contribution in [0.15, 0.2) is 42.5 Å². The molecule has 0 spiro atoms. The molecule has 3 rings (SSSR count). The van der Waals surface area contributed by atoms with Gasteiger partial charge in [-0.05, 0) is 30.3 Å². The summed E-state index contributed by atoms with van der Waals surface area (Å²) in [5.41, 5.74) is 1.24. The first-order valence-electron chi connectivity index (χ1n) is 6.82.